The molecule has 98 valence electrons. The summed E-state index contributed by atoms with van der Waals surface area (Å²) in [6.45, 7) is 2.12. The third-order valence-electron chi connectivity index (χ3n) is 2.52. The van der Waals surface area contributed by atoms with Gasteiger partial charge >= 0.3 is 0 Å². The lowest BCUT2D eigenvalue weighted by atomic mass is 10.2. The van der Waals surface area contributed by atoms with Crippen molar-refractivity contribution in [3.05, 3.63) is 33.8 Å². The van der Waals surface area contributed by atoms with Gasteiger partial charge in [0.25, 0.3) is 0 Å². The van der Waals surface area contributed by atoms with Crippen molar-refractivity contribution in [2.24, 2.45) is 10.1 Å². The fourth-order valence-corrected chi connectivity index (χ4v) is 2.16. The van der Waals surface area contributed by atoms with Gasteiger partial charge in [0.05, 0.1) is 6.54 Å². The van der Waals surface area contributed by atoms with E-state index in [2.05, 4.69) is 10.1 Å². The van der Waals surface area contributed by atoms with Gasteiger partial charge in [0.15, 0.2) is 0 Å². The van der Waals surface area contributed by atoms with E-state index >= 15 is 0 Å². The predicted molar refractivity (Wildman–Crippen MR) is 76.7 cm³/mol. The molecule has 1 heterocycles. The minimum Gasteiger partial charge on any atom is -0.411 e. The number of hydrogen-bond donors (Lipinski definition) is 1. The van der Waals surface area contributed by atoms with Crippen LogP contribution in [0, 0.1) is 0 Å². The molecular formula is C11H12Cl3N3O. The summed E-state index contributed by atoms with van der Waals surface area (Å²) in [6, 6.07) is 5.40. The Balaban J connectivity index is 0.00000162. The van der Waals surface area contributed by atoms with E-state index in [4.69, 9.17) is 28.4 Å². The van der Waals surface area contributed by atoms with Gasteiger partial charge in [0.2, 0.25) is 0 Å². The maximum atomic E-state index is 8.52. The van der Waals surface area contributed by atoms with Crippen LogP contribution in [0.25, 0.3) is 0 Å². The van der Waals surface area contributed by atoms with Crippen molar-refractivity contribution in [2.45, 2.75) is 6.54 Å². The molecule has 18 heavy (non-hydrogen) atoms. The first-order valence-corrected chi connectivity index (χ1v) is 5.87. The molecule has 0 radical (unpaired) electrons. The second kappa shape index (κ2) is 6.83. The molecule has 0 saturated heterocycles. The zero-order chi connectivity index (χ0) is 12.3. The van der Waals surface area contributed by atoms with Gasteiger partial charge in [-0.1, -0.05) is 34.4 Å². The van der Waals surface area contributed by atoms with Crippen LogP contribution in [0.3, 0.4) is 0 Å². The summed E-state index contributed by atoms with van der Waals surface area (Å²) < 4.78 is 0. The molecule has 0 aliphatic carbocycles. The quantitative estimate of drug-likeness (QED) is 0.530. The second-order valence-corrected chi connectivity index (χ2v) is 4.49. The van der Waals surface area contributed by atoms with Crippen molar-refractivity contribution in [3.8, 4) is 0 Å². The minimum absolute atomic E-state index is 0. The van der Waals surface area contributed by atoms with Gasteiger partial charge in [-0.05, 0) is 17.7 Å². The van der Waals surface area contributed by atoms with Crippen LogP contribution in [0.1, 0.15) is 5.56 Å². The first-order valence-electron chi connectivity index (χ1n) is 5.11. The zero-order valence-electron chi connectivity index (χ0n) is 9.38. The van der Waals surface area contributed by atoms with Crippen molar-refractivity contribution in [3.63, 3.8) is 0 Å². The van der Waals surface area contributed by atoms with Crippen molar-refractivity contribution in [2.75, 3.05) is 13.1 Å². The molecule has 0 amide bonds. The summed E-state index contributed by atoms with van der Waals surface area (Å²) in [6.07, 6.45) is 1.33. The molecule has 0 unspecified atom stereocenters. The third kappa shape index (κ3) is 3.51. The normalized spacial score (nSPS) is 14.8. The summed E-state index contributed by atoms with van der Waals surface area (Å²) >= 11 is 11.9. The molecule has 2 rings (SSSR count). The molecule has 0 aromatic heterocycles. The SMILES string of the molecule is Cl.ON=CC1=NCCN1Cc1ccc(Cl)cc1Cl. The highest BCUT2D eigenvalue weighted by molar-refractivity contribution is 6.35. The van der Waals surface area contributed by atoms with Crippen LogP contribution < -0.4 is 0 Å². The van der Waals surface area contributed by atoms with Crippen molar-refractivity contribution < 1.29 is 5.21 Å². The van der Waals surface area contributed by atoms with Gasteiger partial charge in [-0.2, -0.15) is 0 Å². The molecule has 4 nitrogen and oxygen atoms in total. The molecule has 1 aromatic carbocycles. The number of nitrogens with zero attached hydrogens (tertiary/aromatic N) is 3. The monoisotopic (exact) mass is 307 g/mol. The molecule has 7 heteroatoms. The van der Waals surface area contributed by atoms with Gasteiger partial charge in [-0.3, -0.25) is 4.99 Å². The highest BCUT2D eigenvalue weighted by Gasteiger charge is 2.16. The van der Waals surface area contributed by atoms with Crippen LogP contribution in [0.2, 0.25) is 10.0 Å². The molecule has 0 fully saturated rings. The molecule has 1 aromatic rings. The van der Waals surface area contributed by atoms with E-state index in [-0.39, 0.29) is 12.4 Å². The Labute approximate surface area is 121 Å². The Morgan fingerprint density at radius 2 is 2.22 bits per heavy atom. The molecule has 0 bridgehead atoms. The zero-order valence-corrected chi connectivity index (χ0v) is 11.7. The van der Waals surface area contributed by atoms with Gasteiger partial charge in [0, 0.05) is 23.1 Å². The third-order valence-corrected chi connectivity index (χ3v) is 3.10. The van der Waals surface area contributed by atoms with Crippen LogP contribution in [0.15, 0.2) is 28.3 Å². The van der Waals surface area contributed by atoms with Crippen LogP contribution in [0.4, 0.5) is 0 Å². The fourth-order valence-electron chi connectivity index (χ4n) is 1.69. The molecule has 0 spiro atoms. The Bertz CT molecular complexity index is 477. The lowest BCUT2D eigenvalue weighted by Crippen LogP contribution is -2.28. The topological polar surface area (TPSA) is 48.2 Å². The van der Waals surface area contributed by atoms with Crippen LogP contribution >= 0.6 is 35.6 Å². The summed E-state index contributed by atoms with van der Waals surface area (Å²) in [5.74, 6) is 0.665. The van der Waals surface area contributed by atoms with Crippen molar-refractivity contribution in [1.29, 1.82) is 0 Å². The first-order chi connectivity index (χ1) is 8.20. The highest BCUT2D eigenvalue weighted by Crippen LogP contribution is 2.22. The Kier molecular flexibility index (Phi) is 5.72. The second-order valence-electron chi connectivity index (χ2n) is 3.64. The van der Waals surface area contributed by atoms with Crippen molar-refractivity contribution in [1.82, 2.24) is 4.90 Å². The van der Waals surface area contributed by atoms with Gasteiger partial charge in [-0.25, -0.2) is 0 Å². The standard InChI is InChI=1S/C11H11Cl2N3O.ClH/c12-9-2-1-8(10(13)5-9)7-16-4-3-14-11(16)6-15-17;/h1-2,5-6,17H,3-4,7H2;1H. The average Bonchev–Trinajstić information content (AvgIpc) is 2.71. The summed E-state index contributed by atoms with van der Waals surface area (Å²) in [4.78, 5) is 6.21. The van der Waals surface area contributed by atoms with E-state index in [9.17, 15) is 0 Å². The highest BCUT2D eigenvalue weighted by atomic mass is 35.5. The lowest BCUT2D eigenvalue weighted by molar-refractivity contribution is 0.321. The van der Waals surface area contributed by atoms with E-state index in [1.54, 1.807) is 12.1 Å². The average molecular weight is 309 g/mol. The number of oxime groups is 1. The summed E-state index contributed by atoms with van der Waals surface area (Å²) in [5.41, 5.74) is 0.969. The number of amidine groups is 1. The first kappa shape index (κ1) is 15.1. The molecule has 1 aliphatic heterocycles. The van der Waals surface area contributed by atoms with Crippen LogP contribution in [-0.2, 0) is 6.54 Å². The Hall–Kier alpha value is -0.970. The largest absolute Gasteiger partial charge is 0.411 e. The van der Waals surface area contributed by atoms with E-state index in [1.807, 2.05) is 11.0 Å². The number of hydrogen-bond acceptors (Lipinski definition) is 4. The summed E-state index contributed by atoms with van der Waals surface area (Å²) in [7, 11) is 0. The molecule has 0 saturated carbocycles. The smallest absolute Gasteiger partial charge is 0.146 e. The lowest BCUT2D eigenvalue weighted by Gasteiger charge is -2.18. The fraction of sp³-hybridized carbons (Fsp3) is 0.273. The van der Waals surface area contributed by atoms with Crippen molar-refractivity contribution >= 4 is 47.7 Å². The minimum atomic E-state index is 0. The van der Waals surface area contributed by atoms with E-state index in [0.717, 1.165) is 12.1 Å². The molecule has 0 atom stereocenters. The van der Waals surface area contributed by atoms with Gasteiger partial charge < -0.3 is 10.1 Å². The van der Waals surface area contributed by atoms with Crippen LogP contribution in [0.5, 0.6) is 0 Å². The van der Waals surface area contributed by atoms with E-state index in [0.29, 0.717) is 29.0 Å². The number of rotatable bonds is 3. The van der Waals surface area contributed by atoms with E-state index in [1.165, 1.54) is 6.21 Å². The van der Waals surface area contributed by atoms with E-state index < -0.39 is 0 Å². The maximum absolute atomic E-state index is 8.52. The predicted octanol–water partition coefficient (Wildman–Crippen LogP) is 3.09. The summed E-state index contributed by atoms with van der Waals surface area (Å²) in [5, 5.41) is 12.8. The molecule has 1 N–H and O–H groups in total. The van der Waals surface area contributed by atoms with Crippen LogP contribution in [-0.4, -0.2) is 35.2 Å². The van der Waals surface area contributed by atoms with Gasteiger partial charge in [0.1, 0.15) is 12.1 Å². The molecular weight excluding hydrogens is 296 g/mol. The Morgan fingerprint density at radius 3 is 2.89 bits per heavy atom. The number of aliphatic imine (C=N–C) groups is 1. The maximum Gasteiger partial charge on any atom is 0.146 e. The molecule has 1 aliphatic rings. The number of benzene rings is 1. The Morgan fingerprint density at radius 1 is 1.44 bits per heavy atom. The number of halogens is 3. The van der Waals surface area contributed by atoms with Gasteiger partial charge in [-0.15, -0.1) is 12.4 Å².